The molecule has 2 aromatic carbocycles. The molecule has 5 nitrogen and oxygen atoms in total. The van der Waals surface area contributed by atoms with E-state index in [1.807, 2.05) is 9.80 Å². The molecule has 0 unspecified atom stereocenters. The highest BCUT2D eigenvalue weighted by Crippen LogP contribution is 2.26. The lowest BCUT2D eigenvalue weighted by atomic mass is 9.93. The summed E-state index contributed by atoms with van der Waals surface area (Å²) in [6.07, 6.45) is 4.56. The van der Waals surface area contributed by atoms with E-state index in [-0.39, 0.29) is 11.8 Å². The second kappa shape index (κ2) is 10.5. The fraction of sp³-hybridized carbons (Fsp3) is 0.556. The first-order chi connectivity index (χ1) is 15.6. The Labute approximate surface area is 192 Å². The molecule has 2 heterocycles. The van der Waals surface area contributed by atoms with Crippen molar-refractivity contribution in [2.45, 2.75) is 58.5 Å². The Bertz CT molecular complexity index is 939. The number of nitrogens with zero attached hydrogens (tertiary/aromatic N) is 3. The Morgan fingerprint density at radius 2 is 1.78 bits per heavy atom. The van der Waals surface area contributed by atoms with Gasteiger partial charge in [-0.2, -0.15) is 0 Å². The molecule has 2 fully saturated rings. The lowest BCUT2D eigenvalue weighted by Crippen LogP contribution is -2.48. The third kappa shape index (κ3) is 5.15. The highest BCUT2D eigenvalue weighted by atomic mass is 16.2. The van der Waals surface area contributed by atoms with Gasteiger partial charge in [-0.25, -0.2) is 0 Å². The molecule has 2 saturated heterocycles. The Balaban J connectivity index is 1.38. The van der Waals surface area contributed by atoms with E-state index in [4.69, 9.17) is 0 Å². The largest absolute Gasteiger partial charge is 0.343 e. The Hall–Kier alpha value is -2.40. The highest BCUT2D eigenvalue weighted by molar-refractivity contribution is 5.83. The maximum atomic E-state index is 12.9. The Morgan fingerprint density at radius 3 is 2.56 bits per heavy atom. The quantitative estimate of drug-likeness (QED) is 0.679. The maximum Gasteiger partial charge on any atom is 0.226 e. The SMILES string of the molecule is CCN(CC)C(=O)[C@@H]1CCCN([C@@H]2CCC(=O)N(Cc3ccc4ccccc4c3)CC2)C1. The van der Waals surface area contributed by atoms with Gasteiger partial charge in [-0.15, -0.1) is 0 Å². The summed E-state index contributed by atoms with van der Waals surface area (Å²) in [5.74, 6) is 0.673. The third-order valence-electron chi connectivity index (χ3n) is 7.36. The second-order valence-corrected chi connectivity index (χ2v) is 9.32. The van der Waals surface area contributed by atoms with E-state index in [9.17, 15) is 9.59 Å². The third-order valence-corrected chi connectivity index (χ3v) is 7.36. The average molecular weight is 436 g/mol. The monoisotopic (exact) mass is 435 g/mol. The zero-order chi connectivity index (χ0) is 22.5. The van der Waals surface area contributed by atoms with Gasteiger partial charge >= 0.3 is 0 Å². The van der Waals surface area contributed by atoms with Crippen molar-refractivity contribution in [2.75, 3.05) is 32.7 Å². The fourth-order valence-electron chi connectivity index (χ4n) is 5.45. The lowest BCUT2D eigenvalue weighted by Gasteiger charge is -2.38. The molecule has 2 atom stereocenters. The first-order valence-corrected chi connectivity index (χ1v) is 12.4. The Kier molecular flexibility index (Phi) is 7.46. The summed E-state index contributed by atoms with van der Waals surface area (Å²) >= 11 is 0. The maximum absolute atomic E-state index is 12.9. The number of amides is 2. The van der Waals surface area contributed by atoms with Crippen LogP contribution in [0.4, 0.5) is 0 Å². The zero-order valence-electron chi connectivity index (χ0n) is 19.6. The molecule has 2 aliphatic rings. The molecule has 32 heavy (non-hydrogen) atoms. The zero-order valence-corrected chi connectivity index (χ0v) is 19.6. The van der Waals surface area contributed by atoms with Crippen molar-refractivity contribution in [3.8, 4) is 0 Å². The van der Waals surface area contributed by atoms with E-state index >= 15 is 0 Å². The molecule has 172 valence electrons. The molecule has 4 rings (SSSR count). The van der Waals surface area contributed by atoms with Gasteiger partial charge < -0.3 is 9.80 Å². The summed E-state index contributed by atoms with van der Waals surface area (Å²) < 4.78 is 0. The van der Waals surface area contributed by atoms with Crippen LogP contribution >= 0.6 is 0 Å². The minimum Gasteiger partial charge on any atom is -0.343 e. The van der Waals surface area contributed by atoms with Crippen LogP contribution in [0.2, 0.25) is 0 Å². The van der Waals surface area contributed by atoms with Crippen molar-refractivity contribution in [1.82, 2.24) is 14.7 Å². The Morgan fingerprint density at radius 1 is 1.00 bits per heavy atom. The summed E-state index contributed by atoms with van der Waals surface area (Å²) in [5, 5.41) is 2.46. The van der Waals surface area contributed by atoms with Gasteiger partial charge in [0, 0.05) is 45.2 Å². The van der Waals surface area contributed by atoms with E-state index in [1.54, 1.807) is 0 Å². The molecule has 0 spiro atoms. The van der Waals surface area contributed by atoms with Crippen molar-refractivity contribution in [2.24, 2.45) is 5.92 Å². The lowest BCUT2D eigenvalue weighted by molar-refractivity contribution is -0.137. The standard InChI is InChI=1S/C27H37N3O2/c1-3-28(4-2)27(32)24-10-7-16-29(20-24)25-13-14-26(31)30(17-15-25)19-21-11-12-22-8-5-6-9-23(22)18-21/h5-6,8-9,11-12,18,24-25H,3-4,7,10,13-17,19-20H2,1-2H3/t24-,25-/m1/s1. The van der Waals surface area contributed by atoms with Gasteiger partial charge in [0.1, 0.15) is 0 Å². The van der Waals surface area contributed by atoms with Gasteiger partial charge in [0.25, 0.3) is 0 Å². The smallest absolute Gasteiger partial charge is 0.226 e. The number of hydrogen-bond acceptors (Lipinski definition) is 3. The molecule has 0 radical (unpaired) electrons. The molecular formula is C27H37N3O2. The summed E-state index contributed by atoms with van der Waals surface area (Å²) in [7, 11) is 0. The van der Waals surface area contributed by atoms with Gasteiger partial charge in [-0.3, -0.25) is 14.5 Å². The average Bonchev–Trinajstić information content (AvgIpc) is 3.01. The molecule has 5 heteroatoms. The van der Waals surface area contributed by atoms with Gasteiger partial charge in [0.15, 0.2) is 0 Å². The van der Waals surface area contributed by atoms with Crippen LogP contribution in [0.15, 0.2) is 42.5 Å². The topological polar surface area (TPSA) is 43.9 Å². The molecule has 0 saturated carbocycles. The molecular weight excluding hydrogens is 398 g/mol. The van der Waals surface area contributed by atoms with Gasteiger partial charge in [-0.05, 0) is 68.5 Å². The second-order valence-electron chi connectivity index (χ2n) is 9.32. The van der Waals surface area contributed by atoms with Gasteiger partial charge in [0.05, 0.1) is 5.92 Å². The number of piperidine rings is 1. The van der Waals surface area contributed by atoms with E-state index in [0.717, 1.165) is 58.4 Å². The highest BCUT2D eigenvalue weighted by Gasteiger charge is 2.33. The number of hydrogen-bond donors (Lipinski definition) is 0. The van der Waals surface area contributed by atoms with Crippen LogP contribution in [-0.2, 0) is 16.1 Å². The van der Waals surface area contributed by atoms with Gasteiger partial charge in [0.2, 0.25) is 11.8 Å². The summed E-state index contributed by atoms with van der Waals surface area (Å²) in [6, 6.07) is 15.3. The molecule has 0 bridgehead atoms. The van der Waals surface area contributed by atoms with Crippen molar-refractivity contribution >= 4 is 22.6 Å². The van der Waals surface area contributed by atoms with Crippen LogP contribution in [0.3, 0.4) is 0 Å². The number of rotatable bonds is 6. The predicted octanol–water partition coefficient (Wildman–Crippen LogP) is 4.30. The number of carbonyl (C=O) groups is 2. The van der Waals surface area contributed by atoms with Crippen molar-refractivity contribution in [1.29, 1.82) is 0 Å². The van der Waals surface area contributed by atoms with Gasteiger partial charge in [-0.1, -0.05) is 36.4 Å². The number of benzene rings is 2. The van der Waals surface area contributed by atoms with Crippen LogP contribution in [0, 0.1) is 5.92 Å². The minimum absolute atomic E-state index is 0.108. The number of carbonyl (C=O) groups excluding carboxylic acids is 2. The van der Waals surface area contributed by atoms with E-state index in [0.29, 0.717) is 24.9 Å². The van der Waals surface area contributed by atoms with E-state index in [2.05, 4.69) is 61.2 Å². The summed E-state index contributed by atoms with van der Waals surface area (Å²) in [4.78, 5) is 32.3. The van der Waals surface area contributed by atoms with Crippen LogP contribution in [0.25, 0.3) is 10.8 Å². The molecule has 0 N–H and O–H groups in total. The first-order valence-electron chi connectivity index (χ1n) is 12.4. The molecule has 2 aromatic rings. The molecule has 2 aliphatic heterocycles. The predicted molar refractivity (Wildman–Crippen MR) is 129 cm³/mol. The normalized spacial score (nSPS) is 22.7. The molecule has 0 aliphatic carbocycles. The first kappa shape index (κ1) is 22.8. The fourth-order valence-corrected chi connectivity index (χ4v) is 5.45. The minimum atomic E-state index is 0.108. The van der Waals surface area contributed by atoms with Crippen LogP contribution < -0.4 is 0 Å². The summed E-state index contributed by atoms with van der Waals surface area (Å²) in [6.45, 7) is 9.05. The number of fused-ring (bicyclic) bond motifs is 1. The molecule has 2 amide bonds. The summed E-state index contributed by atoms with van der Waals surface area (Å²) in [5.41, 5.74) is 1.19. The van der Waals surface area contributed by atoms with Crippen molar-refractivity contribution in [3.63, 3.8) is 0 Å². The van der Waals surface area contributed by atoms with Crippen molar-refractivity contribution in [3.05, 3.63) is 48.0 Å². The van der Waals surface area contributed by atoms with Crippen LogP contribution in [0.1, 0.15) is 51.5 Å². The van der Waals surface area contributed by atoms with Crippen LogP contribution in [0.5, 0.6) is 0 Å². The number of likely N-dealkylation sites (tertiary alicyclic amines) is 2. The van der Waals surface area contributed by atoms with Crippen molar-refractivity contribution < 1.29 is 9.59 Å². The van der Waals surface area contributed by atoms with E-state index < -0.39 is 0 Å². The van der Waals surface area contributed by atoms with E-state index in [1.165, 1.54) is 16.3 Å². The molecule has 0 aromatic heterocycles. The van der Waals surface area contributed by atoms with Crippen LogP contribution in [-0.4, -0.2) is 65.3 Å².